The number of halogens is 3. The Balaban J connectivity index is 0.000000331. The van der Waals surface area contributed by atoms with Gasteiger partial charge in [0.1, 0.15) is 6.54 Å². The number of rotatable bonds is 3. The topological polar surface area (TPSA) is 64.0 Å². The molecule has 0 saturated heterocycles. The molecule has 0 aliphatic rings. The summed E-state index contributed by atoms with van der Waals surface area (Å²) in [6.07, 6.45) is 6.75. The van der Waals surface area contributed by atoms with Gasteiger partial charge in [-0.15, -0.1) is 0 Å². The summed E-state index contributed by atoms with van der Waals surface area (Å²) in [6, 6.07) is 6.17. The summed E-state index contributed by atoms with van der Waals surface area (Å²) in [5, 5.41) is 3.66. The third-order valence-corrected chi connectivity index (χ3v) is 2.52. The Kier molecular flexibility index (Phi) is 6.85. The summed E-state index contributed by atoms with van der Waals surface area (Å²) in [4.78, 5) is 0. The van der Waals surface area contributed by atoms with Crippen molar-refractivity contribution >= 4 is 10.0 Å². The summed E-state index contributed by atoms with van der Waals surface area (Å²) in [7, 11) is -5.34. The maximum absolute atomic E-state index is 10.8. The molecule has 1 rings (SSSR count). The Hall–Kier alpha value is -1.15. The van der Waals surface area contributed by atoms with Crippen LogP contribution in [0.25, 0.3) is 0 Å². The van der Waals surface area contributed by atoms with Crippen LogP contribution in [0.2, 0.25) is 0 Å². The first-order valence-electron chi connectivity index (χ1n) is 5.21. The van der Waals surface area contributed by atoms with Gasteiger partial charge in [0.25, 0.3) is 0 Å². The highest BCUT2D eigenvalue weighted by molar-refractivity contribution is 7.90. The van der Waals surface area contributed by atoms with Crippen LogP contribution in [0.5, 0.6) is 0 Å². The van der Waals surface area contributed by atoms with Crippen LogP contribution in [0, 0.1) is 0 Å². The Labute approximate surface area is 104 Å². The third kappa shape index (κ3) is 7.23. The SMILES string of the molecule is CCCC[n+]1ccccc1.NS(=O)(=O)C(F)(F)F. The number of pyridine rings is 1. The van der Waals surface area contributed by atoms with E-state index in [1.165, 1.54) is 12.8 Å². The predicted octanol–water partition coefficient (Wildman–Crippen LogP) is 1.57. The molecule has 8 heteroatoms. The second-order valence-corrected chi connectivity index (χ2v) is 5.01. The summed E-state index contributed by atoms with van der Waals surface area (Å²) in [5.74, 6) is 0. The zero-order valence-corrected chi connectivity index (χ0v) is 10.7. The average Bonchev–Trinajstić information content (AvgIpc) is 2.26. The largest absolute Gasteiger partial charge is 0.511 e. The molecule has 0 radical (unpaired) electrons. The van der Waals surface area contributed by atoms with E-state index in [1.54, 1.807) is 0 Å². The smallest absolute Gasteiger partial charge is 0.221 e. The van der Waals surface area contributed by atoms with Crippen molar-refractivity contribution in [3.8, 4) is 0 Å². The maximum Gasteiger partial charge on any atom is 0.511 e. The molecule has 0 saturated carbocycles. The van der Waals surface area contributed by atoms with E-state index < -0.39 is 15.5 Å². The molecule has 1 aromatic heterocycles. The molecule has 1 aromatic rings. The van der Waals surface area contributed by atoms with Crippen LogP contribution in [0.1, 0.15) is 19.8 Å². The molecule has 0 aliphatic heterocycles. The van der Waals surface area contributed by atoms with Crippen LogP contribution in [-0.2, 0) is 16.6 Å². The van der Waals surface area contributed by atoms with Gasteiger partial charge < -0.3 is 0 Å². The van der Waals surface area contributed by atoms with E-state index in [0.29, 0.717) is 0 Å². The minimum atomic E-state index is -5.34. The molecule has 0 amide bonds. The van der Waals surface area contributed by atoms with Crippen LogP contribution in [-0.4, -0.2) is 13.9 Å². The Morgan fingerprint density at radius 1 is 1.17 bits per heavy atom. The lowest BCUT2D eigenvalue weighted by atomic mass is 10.3. The first-order chi connectivity index (χ1) is 8.18. The molecule has 0 bridgehead atoms. The number of nitrogens with two attached hydrogens (primary N) is 1. The van der Waals surface area contributed by atoms with Gasteiger partial charge in [0, 0.05) is 18.6 Å². The Morgan fingerprint density at radius 2 is 1.61 bits per heavy atom. The molecule has 0 spiro atoms. The fourth-order valence-corrected chi connectivity index (χ4v) is 0.924. The highest BCUT2D eigenvalue weighted by Gasteiger charge is 2.42. The van der Waals surface area contributed by atoms with Crippen molar-refractivity contribution in [1.82, 2.24) is 0 Å². The number of hydrogen-bond acceptors (Lipinski definition) is 2. The maximum atomic E-state index is 10.8. The third-order valence-electron chi connectivity index (χ3n) is 1.87. The predicted molar refractivity (Wildman–Crippen MR) is 60.7 cm³/mol. The molecule has 0 aliphatic carbocycles. The molecule has 0 aromatic carbocycles. The van der Waals surface area contributed by atoms with E-state index in [2.05, 4.69) is 41.2 Å². The molecular weight excluding hydrogens is 269 g/mol. The number of hydrogen-bond donors (Lipinski definition) is 1. The van der Waals surface area contributed by atoms with Gasteiger partial charge in [-0.1, -0.05) is 19.4 Å². The summed E-state index contributed by atoms with van der Waals surface area (Å²) >= 11 is 0. The first kappa shape index (κ1) is 16.9. The molecule has 0 unspecified atom stereocenters. The fourth-order valence-electron chi connectivity index (χ4n) is 0.924. The Bertz CT molecular complexity index is 432. The number of sulfonamides is 1. The lowest BCUT2D eigenvalue weighted by Gasteiger charge is -1.98. The fraction of sp³-hybridized carbons (Fsp3) is 0.500. The van der Waals surface area contributed by atoms with Gasteiger partial charge in [-0.25, -0.2) is 18.1 Å². The average molecular weight is 285 g/mol. The van der Waals surface area contributed by atoms with E-state index in [1.807, 2.05) is 6.07 Å². The van der Waals surface area contributed by atoms with Gasteiger partial charge in [-0.2, -0.15) is 13.2 Å². The van der Waals surface area contributed by atoms with Crippen molar-refractivity contribution in [3.05, 3.63) is 30.6 Å². The second-order valence-electron chi connectivity index (χ2n) is 3.46. The van der Waals surface area contributed by atoms with Gasteiger partial charge in [0.2, 0.25) is 0 Å². The van der Waals surface area contributed by atoms with Gasteiger partial charge >= 0.3 is 15.5 Å². The normalized spacial score (nSPS) is 11.6. The number of aromatic nitrogens is 1. The van der Waals surface area contributed by atoms with Crippen LogP contribution in [0.3, 0.4) is 0 Å². The molecule has 18 heavy (non-hydrogen) atoms. The van der Waals surface area contributed by atoms with Crippen molar-refractivity contribution < 1.29 is 26.2 Å². The van der Waals surface area contributed by atoms with Crippen molar-refractivity contribution in [1.29, 1.82) is 0 Å². The molecule has 2 N–H and O–H groups in total. The molecule has 1 heterocycles. The van der Waals surface area contributed by atoms with E-state index in [0.717, 1.165) is 6.54 Å². The highest BCUT2D eigenvalue weighted by atomic mass is 32.2. The highest BCUT2D eigenvalue weighted by Crippen LogP contribution is 2.18. The van der Waals surface area contributed by atoms with Crippen molar-refractivity contribution in [2.24, 2.45) is 5.14 Å². The molecule has 4 nitrogen and oxygen atoms in total. The summed E-state index contributed by atoms with van der Waals surface area (Å²) in [5.41, 5.74) is -5.31. The Morgan fingerprint density at radius 3 is 1.94 bits per heavy atom. The van der Waals surface area contributed by atoms with Crippen molar-refractivity contribution in [3.63, 3.8) is 0 Å². The molecular formula is C10H16F3N2O2S+. The minimum absolute atomic E-state index is 1.15. The van der Waals surface area contributed by atoms with Gasteiger partial charge in [-0.05, 0) is 0 Å². The summed E-state index contributed by atoms with van der Waals surface area (Å²) < 4.78 is 53.4. The zero-order valence-electron chi connectivity index (χ0n) is 9.89. The standard InChI is InChI=1S/C9H14N.CH2F3NO2S/c1-2-3-7-10-8-5-4-6-9-10;2-1(3,4)8(5,6)7/h4-6,8-9H,2-3,7H2,1H3;(H2,5,6,7)/q+1;. The van der Waals surface area contributed by atoms with E-state index >= 15 is 0 Å². The van der Waals surface area contributed by atoms with Crippen LogP contribution >= 0.6 is 0 Å². The minimum Gasteiger partial charge on any atom is -0.221 e. The first-order valence-corrected chi connectivity index (χ1v) is 6.76. The monoisotopic (exact) mass is 285 g/mol. The molecule has 0 fully saturated rings. The number of unbranched alkanes of at least 4 members (excludes halogenated alkanes) is 1. The number of primary sulfonamides is 1. The lowest BCUT2D eigenvalue weighted by molar-refractivity contribution is -0.697. The molecule has 104 valence electrons. The summed E-state index contributed by atoms with van der Waals surface area (Å²) in [6.45, 7) is 3.36. The lowest BCUT2D eigenvalue weighted by Crippen LogP contribution is -2.31. The number of alkyl halides is 3. The van der Waals surface area contributed by atoms with Gasteiger partial charge in [0.05, 0.1) is 0 Å². The van der Waals surface area contributed by atoms with Gasteiger partial charge in [0.15, 0.2) is 12.4 Å². The van der Waals surface area contributed by atoms with Crippen LogP contribution < -0.4 is 9.71 Å². The zero-order chi connectivity index (χ0) is 14.2. The van der Waals surface area contributed by atoms with E-state index in [4.69, 9.17) is 0 Å². The van der Waals surface area contributed by atoms with Crippen LogP contribution in [0.4, 0.5) is 13.2 Å². The van der Waals surface area contributed by atoms with Crippen molar-refractivity contribution in [2.45, 2.75) is 31.8 Å². The van der Waals surface area contributed by atoms with Gasteiger partial charge in [-0.3, -0.25) is 0 Å². The van der Waals surface area contributed by atoms with Crippen molar-refractivity contribution in [2.75, 3.05) is 0 Å². The number of aryl methyl sites for hydroxylation is 1. The molecule has 0 atom stereocenters. The quantitative estimate of drug-likeness (QED) is 0.857. The van der Waals surface area contributed by atoms with Crippen LogP contribution in [0.15, 0.2) is 30.6 Å². The second kappa shape index (κ2) is 7.32. The van der Waals surface area contributed by atoms with E-state index in [9.17, 15) is 21.6 Å². The number of nitrogens with zero attached hydrogens (tertiary/aromatic N) is 1. The van der Waals surface area contributed by atoms with E-state index in [-0.39, 0.29) is 0 Å².